The van der Waals surface area contributed by atoms with Crippen molar-refractivity contribution in [1.82, 2.24) is 0 Å². The Kier molecular flexibility index (Phi) is 3.84. The number of halogens is 2. The van der Waals surface area contributed by atoms with E-state index >= 15 is 0 Å². The number of hydrogen-bond donors (Lipinski definition) is 2. The van der Waals surface area contributed by atoms with Gasteiger partial charge in [-0.15, -0.1) is 11.3 Å². The van der Waals surface area contributed by atoms with E-state index in [0.29, 0.717) is 11.6 Å². The number of benzene rings is 1. The van der Waals surface area contributed by atoms with Crippen molar-refractivity contribution in [2.75, 3.05) is 5.32 Å². The molecular formula is C12H9ClFNO2S. The van der Waals surface area contributed by atoms with Gasteiger partial charge in [0.15, 0.2) is 0 Å². The second kappa shape index (κ2) is 5.37. The number of anilines is 1. The molecule has 0 aliphatic carbocycles. The lowest BCUT2D eigenvalue weighted by Crippen LogP contribution is -2.03. The Morgan fingerprint density at radius 2 is 2.22 bits per heavy atom. The molecule has 1 heterocycles. The number of carboxylic acids is 1. The van der Waals surface area contributed by atoms with Crippen molar-refractivity contribution in [2.24, 2.45) is 0 Å². The van der Waals surface area contributed by atoms with E-state index in [1.807, 2.05) is 0 Å². The maximum atomic E-state index is 13.5. The lowest BCUT2D eigenvalue weighted by atomic mass is 10.2. The van der Waals surface area contributed by atoms with Crippen molar-refractivity contribution in [1.29, 1.82) is 0 Å². The number of rotatable bonds is 4. The van der Waals surface area contributed by atoms with Crippen molar-refractivity contribution in [3.63, 3.8) is 0 Å². The van der Waals surface area contributed by atoms with Crippen LogP contribution in [-0.4, -0.2) is 11.1 Å². The minimum Gasteiger partial charge on any atom is -0.478 e. The molecular weight excluding hydrogens is 277 g/mol. The van der Waals surface area contributed by atoms with Crippen LogP contribution in [-0.2, 0) is 6.54 Å². The fraction of sp³-hybridized carbons (Fsp3) is 0.0833. The summed E-state index contributed by atoms with van der Waals surface area (Å²) in [4.78, 5) is 11.7. The van der Waals surface area contributed by atoms with E-state index in [9.17, 15) is 9.18 Å². The van der Waals surface area contributed by atoms with Gasteiger partial charge in [0.05, 0.1) is 16.3 Å². The van der Waals surface area contributed by atoms with Crippen molar-refractivity contribution < 1.29 is 14.3 Å². The predicted molar refractivity (Wildman–Crippen MR) is 70.0 cm³/mol. The minimum absolute atomic E-state index is 0.0445. The average molecular weight is 286 g/mol. The number of carboxylic acid groups (broad SMARTS) is 1. The normalized spacial score (nSPS) is 10.3. The third-order valence-electron chi connectivity index (χ3n) is 2.29. The molecule has 18 heavy (non-hydrogen) atoms. The van der Waals surface area contributed by atoms with Crippen LogP contribution in [0.15, 0.2) is 29.6 Å². The zero-order valence-corrected chi connectivity index (χ0v) is 10.7. The molecule has 1 aromatic heterocycles. The first-order valence-corrected chi connectivity index (χ1v) is 6.31. The highest BCUT2D eigenvalue weighted by molar-refractivity contribution is 7.10. The Morgan fingerprint density at radius 1 is 1.44 bits per heavy atom. The van der Waals surface area contributed by atoms with E-state index < -0.39 is 11.8 Å². The molecule has 2 aromatic rings. The van der Waals surface area contributed by atoms with E-state index in [1.54, 1.807) is 11.4 Å². The van der Waals surface area contributed by atoms with Crippen molar-refractivity contribution in [3.8, 4) is 0 Å². The van der Waals surface area contributed by atoms with Crippen LogP contribution in [0.4, 0.5) is 10.1 Å². The third kappa shape index (κ3) is 3.00. The van der Waals surface area contributed by atoms with Gasteiger partial charge in [-0.1, -0.05) is 11.6 Å². The maximum Gasteiger partial charge on any atom is 0.335 e. The molecule has 2 rings (SSSR count). The quantitative estimate of drug-likeness (QED) is 0.897. The summed E-state index contributed by atoms with van der Waals surface area (Å²) in [5.74, 6) is -1.57. The molecule has 0 saturated heterocycles. The molecule has 0 atom stereocenters. The standard InChI is InChI=1S/C12H9ClFNO2S/c13-8-4-9(18-6-8)5-15-11-3-7(12(16)17)1-2-10(11)14/h1-4,6,15H,5H2,(H,16,17). The highest BCUT2D eigenvalue weighted by Gasteiger charge is 2.08. The molecule has 3 nitrogen and oxygen atoms in total. The van der Waals surface area contributed by atoms with Crippen molar-refractivity contribution in [3.05, 3.63) is 50.9 Å². The first-order valence-electron chi connectivity index (χ1n) is 5.06. The van der Waals surface area contributed by atoms with E-state index in [1.165, 1.54) is 23.5 Å². The summed E-state index contributed by atoms with van der Waals surface area (Å²) in [6, 6.07) is 5.41. The lowest BCUT2D eigenvalue weighted by molar-refractivity contribution is 0.0697. The summed E-state index contributed by atoms with van der Waals surface area (Å²) in [6.07, 6.45) is 0. The maximum absolute atomic E-state index is 13.5. The Hall–Kier alpha value is -1.59. The molecule has 6 heteroatoms. The summed E-state index contributed by atoms with van der Waals surface area (Å²) >= 11 is 7.22. The van der Waals surface area contributed by atoms with Crippen LogP contribution in [0.5, 0.6) is 0 Å². The SMILES string of the molecule is O=C(O)c1ccc(F)c(NCc2cc(Cl)cs2)c1. The number of nitrogens with one attached hydrogen (secondary N) is 1. The molecule has 1 aromatic carbocycles. The van der Waals surface area contributed by atoms with E-state index in [2.05, 4.69) is 5.32 Å². The smallest absolute Gasteiger partial charge is 0.335 e. The third-order valence-corrected chi connectivity index (χ3v) is 3.57. The molecule has 0 spiro atoms. The van der Waals surface area contributed by atoms with Crippen LogP contribution in [0.3, 0.4) is 0 Å². The summed E-state index contributed by atoms with van der Waals surface area (Å²) in [5.41, 5.74) is 0.211. The van der Waals surface area contributed by atoms with Gasteiger partial charge in [0, 0.05) is 16.8 Å². The zero-order chi connectivity index (χ0) is 13.1. The van der Waals surface area contributed by atoms with Gasteiger partial charge < -0.3 is 10.4 Å². The first-order chi connectivity index (χ1) is 8.56. The van der Waals surface area contributed by atoms with Gasteiger partial charge in [-0.3, -0.25) is 0 Å². The first kappa shape index (κ1) is 12.9. The van der Waals surface area contributed by atoms with Gasteiger partial charge in [-0.05, 0) is 24.3 Å². The molecule has 0 saturated carbocycles. The van der Waals surface area contributed by atoms with Crippen molar-refractivity contribution >= 4 is 34.6 Å². The molecule has 0 radical (unpaired) electrons. The van der Waals surface area contributed by atoms with Gasteiger partial charge in [-0.2, -0.15) is 0 Å². The molecule has 2 N–H and O–H groups in total. The second-order valence-electron chi connectivity index (χ2n) is 3.58. The van der Waals surface area contributed by atoms with Gasteiger partial charge in [0.1, 0.15) is 5.82 Å². The van der Waals surface area contributed by atoms with Crippen LogP contribution >= 0.6 is 22.9 Å². The fourth-order valence-corrected chi connectivity index (χ4v) is 2.44. The molecule has 94 valence electrons. The Morgan fingerprint density at radius 3 is 2.83 bits per heavy atom. The van der Waals surface area contributed by atoms with Gasteiger partial charge >= 0.3 is 5.97 Å². The number of hydrogen-bond acceptors (Lipinski definition) is 3. The highest BCUT2D eigenvalue weighted by atomic mass is 35.5. The molecule has 0 unspecified atom stereocenters. The molecule has 0 fully saturated rings. The monoisotopic (exact) mass is 285 g/mol. The summed E-state index contributed by atoms with van der Waals surface area (Å²) in [5, 5.41) is 14.1. The highest BCUT2D eigenvalue weighted by Crippen LogP contribution is 2.22. The van der Waals surface area contributed by atoms with Gasteiger partial charge in [0.2, 0.25) is 0 Å². The number of carbonyl (C=O) groups is 1. The summed E-state index contributed by atoms with van der Waals surface area (Å²) in [7, 11) is 0. The molecule has 0 aliphatic heterocycles. The lowest BCUT2D eigenvalue weighted by Gasteiger charge is -2.07. The largest absolute Gasteiger partial charge is 0.478 e. The van der Waals surface area contributed by atoms with Gasteiger partial charge in [0.25, 0.3) is 0 Å². The summed E-state index contributed by atoms with van der Waals surface area (Å²) in [6.45, 7) is 0.400. The van der Waals surface area contributed by atoms with Crippen LogP contribution < -0.4 is 5.32 Å². The minimum atomic E-state index is -1.09. The predicted octanol–water partition coefficient (Wildman–Crippen LogP) is 3.85. The van der Waals surface area contributed by atoms with Crippen LogP contribution in [0.2, 0.25) is 5.02 Å². The van der Waals surface area contributed by atoms with Crippen LogP contribution in [0.1, 0.15) is 15.2 Å². The van der Waals surface area contributed by atoms with E-state index in [-0.39, 0.29) is 11.3 Å². The van der Waals surface area contributed by atoms with E-state index in [4.69, 9.17) is 16.7 Å². The Labute approximate surface area is 112 Å². The topological polar surface area (TPSA) is 49.3 Å². The van der Waals surface area contributed by atoms with Gasteiger partial charge in [-0.25, -0.2) is 9.18 Å². The van der Waals surface area contributed by atoms with Crippen molar-refractivity contribution in [2.45, 2.75) is 6.54 Å². The Bertz CT molecular complexity index is 585. The molecule has 0 aliphatic rings. The van der Waals surface area contributed by atoms with Crippen LogP contribution in [0.25, 0.3) is 0 Å². The zero-order valence-electron chi connectivity index (χ0n) is 9.11. The Balaban J connectivity index is 2.13. The molecule has 0 bridgehead atoms. The fourth-order valence-electron chi connectivity index (χ4n) is 1.42. The number of thiophene rings is 1. The van der Waals surface area contributed by atoms with Crippen LogP contribution in [0, 0.1) is 5.82 Å². The second-order valence-corrected chi connectivity index (χ2v) is 5.02. The summed E-state index contributed by atoms with van der Waals surface area (Å²) < 4.78 is 13.5. The average Bonchev–Trinajstić information content (AvgIpc) is 2.74. The number of aromatic carboxylic acids is 1. The van der Waals surface area contributed by atoms with E-state index in [0.717, 1.165) is 10.9 Å². The molecule has 0 amide bonds.